The van der Waals surface area contributed by atoms with Crippen molar-refractivity contribution >= 4 is 23.4 Å². The number of nitrogens with zero attached hydrogens (tertiary/aromatic N) is 1. The molecule has 0 saturated carbocycles. The summed E-state index contributed by atoms with van der Waals surface area (Å²) < 4.78 is 0. The van der Waals surface area contributed by atoms with E-state index in [1.807, 2.05) is 30.4 Å². The summed E-state index contributed by atoms with van der Waals surface area (Å²) in [5.74, 6) is 1.52. The average Bonchev–Trinajstić information content (AvgIpc) is 2.14. The Balaban J connectivity index is 2.29. The van der Waals surface area contributed by atoms with Gasteiger partial charge in [0.1, 0.15) is 0 Å². The SMILES string of the molecule is ClCC=CCSc1ccccn1. The van der Waals surface area contributed by atoms with Gasteiger partial charge in [0.15, 0.2) is 0 Å². The summed E-state index contributed by atoms with van der Waals surface area (Å²) >= 11 is 7.18. The van der Waals surface area contributed by atoms with Crippen molar-refractivity contribution in [3.05, 3.63) is 36.5 Å². The largest absolute Gasteiger partial charge is 0.250 e. The molecule has 1 nitrogen and oxygen atoms in total. The zero-order valence-corrected chi connectivity index (χ0v) is 8.18. The van der Waals surface area contributed by atoms with E-state index in [2.05, 4.69) is 4.98 Å². The van der Waals surface area contributed by atoms with Crippen LogP contribution in [0.2, 0.25) is 0 Å². The van der Waals surface area contributed by atoms with Crippen LogP contribution in [0.1, 0.15) is 0 Å². The van der Waals surface area contributed by atoms with E-state index >= 15 is 0 Å². The molecule has 1 aromatic rings. The first-order valence-corrected chi connectivity index (χ1v) is 5.20. The molecule has 0 N–H and O–H groups in total. The molecule has 0 aromatic carbocycles. The molecule has 3 heteroatoms. The van der Waals surface area contributed by atoms with Crippen LogP contribution in [0, 0.1) is 0 Å². The lowest BCUT2D eigenvalue weighted by atomic mass is 10.5. The summed E-state index contributed by atoms with van der Waals surface area (Å²) in [6, 6.07) is 5.90. The van der Waals surface area contributed by atoms with Crippen LogP contribution in [0.3, 0.4) is 0 Å². The molecular weight excluding hydrogens is 190 g/mol. The number of hydrogen-bond donors (Lipinski definition) is 0. The van der Waals surface area contributed by atoms with Crippen LogP contribution in [0.25, 0.3) is 0 Å². The molecule has 0 aliphatic heterocycles. The lowest BCUT2D eigenvalue weighted by molar-refractivity contribution is 1.14. The lowest BCUT2D eigenvalue weighted by Gasteiger charge is -1.94. The molecule has 1 rings (SSSR count). The summed E-state index contributed by atoms with van der Waals surface area (Å²) in [6.45, 7) is 0. The van der Waals surface area contributed by atoms with Crippen LogP contribution in [-0.4, -0.2) is 16.6 Å². The Labute approximate surface area is 81.8 Å². The quantitative estimate of drug-likeness (QED) is 0.420. The van der Waals surface area contributed by atoms with Gasteiger partial charge in [-0.1, -0.05) is 18.2 Å². The third kappa shape index (κ3) is 3.79. The third-order valence-corrected chi connectivity index (χ3v) is 2.30. The summed E-state index contributed by atoms with van der Waals surface area (Å²) in [6.07, 6.45) is 5.79. The molecule has 1 aromatic heterocycles. The van der Waals surface area contributed by atoms with Crippen LogP contribution in [-0.2, 0) is 0 Å². The number of rotatable bonds is 4. The monoisotopic (exact) mass is 199 g/mol. The predicted molar refractivity (Wildman–Crippen MR) is 54.8 cm³/mol. The van der Waals surface area contributed by atoms with Crippen molar-refractivity contribution in [3.8, 4) is 0 Å². The predicted octanol–water partition coefficient (Wildman–Crippen LogP) is 2.97. The van der Waals surface area contributed by atoms with Gasteiger partial charge in [0, 0.05) is 17.8 Å². The Morgan fingerprint density at radius 3 is 3.00 bits per heavy atom. The minimum atomic E-state index is 0.586. The Morgan fingerprint density at radius 1 is 1.42 bits per heavy atom. The molecule has 0 fully saturated rings. The first-order chi connectivity index (χ1) is 5.93. The first-order valence-electron chi connectivity index (χ1n) is 3.68. The van der Waals surface area contributed by atoms with Gasteiger partial charge in [-0.15, -0.1) is 23.4 Å². The maximum absolute atomic E-state index is 5.47. The number of thioether (sulfide) groups is 1. The van der Waals surface area contributed by atoms with Gasteiger partial charge in [0.2, 0.25) is 0 Å². The van der Waals surface area contributed by atoms with Crippen molar-refractivity contribution < 1.29 is 0 Å². The molecule has 64 valence electrons. The van der Waals surface area contributed by atoms with Crippen molar-refractivity contribution in [1.82, 2.24) is 4.98 Å². The highest BCUT2D eigenvalue weighted by Gasteiger charge is 1.88. The van der Waals surface area contributed by atoms with Crippen LogP contribution in [0.5, 0.6) is 0 Å². The molecule has 0 aliphatic carbocycles. The normalized spacial score (nSPS) is 10.8. The lowest BCUT2D eigenvalue weighted by Crippen LogP contribution is -1.77. The minimum Gasteiger partial charge on any atom is -0.250 e. The number of allylic oxidation sites excluding steroid dienone is 1. The number of alkyl halides is 1. The summed E-state index contributed by atoms with van der Waals surface area (Å²) in [7, 11) is 0. The van der Waals surface area contributed by atoms with Crippen molar-refractivity contribution in [3.63, 3.8) is 0 Å². The van der Waals surface area contributed by atoms with Gasteiger partial charge < -0.3 is 0 Å². The van der Waals surface area contributed by atoms with Gasteiger partial charge in [0.05, 0.1) is 5.03 Å². The highest BCUT2D eigenvalue weighted by atomic mass is 35.5. The number of hydrogen-bond acceptors (Lipinski definition) is 2. The van der Waals surface area contributed by atoms with E-state index in [4.69, 9.17) is 11.6 Å². The topological polar surface area (TPSA) is 12.9 Å². The molecule has 0 radical (unpaired) electrons. The van der Waals surface area contributed by atoms with Crippen LogP contribution < -0.4 is 0 Å². The second-order valence-corrected chi connectivity index (χ2v) is 3.45. The standard InChI is InChI=1S/C9H10ClNS/c10-6-2-4-8-12-9-5-1-3-7-11-9/h1-5,7H,6,8H2. The van der Waals surface area contributed by atoms with Gasteiger partial charge >= 0.3 is 0 Å². The molecule has 1 heterocycles. The fourth-order valence-corrected chi connectivity index (χ4v) is 1.54. The van der Waals surface area contributed by atoms with Crippen molar-refractivity contribution in [2.45, 2.75) is 5.03 Å². The fraction of sp³-hybridized carbons (Fsp3) is 0.222. The molecule has 0 atom stereocenters. The Hall–Kier alpha value is -0.470. The van der Waals surface area contributed by atoms with Crippen molar-refractivity contribution in [1.29, 1.82) is 0 Å². The van der Waals surface area contributed by atoms with Crippen molar-refractivity contribution in [2.24, 2.45) is 0 Å². The van der Waals surface area contributed by atoms with Crippen LogP contribution >= 0.6 is 23.4 Å². The summed E-state index contributed by atoms with van der Waals surface area (Å²) in [4.78, 5) is 4.17. The van der Waals surface area contributed by atoms with E-state index < -0.39 is 0 Å². The smallest absolute Gasteiger partial charge is 0.0962 e. The Morgan fingerprint density at radius 2 is 2.33 bits per heavy atom. The molecule has 0 aliphatic rings. The first kappa shape index (κ1) is 9.62. The molecule has 0 amide bonds. The Bertz CT molecular complexity index is 236. The molecule has 0 bridgehead atoms. The van der Waals surface area contributed by atoms with Crippen LogP contribution in [0.4, 0.5) is 0 Å². The molecular formula is C9H10ClNS. The number of pyridine rings is 1. The minimum absolute atomic E-state index is 0.586. The third-order valence-electron chi connectivity index (χ3n) is 1.22. The zero-order chi connectivity index (χ0) is 8.65. The number of aromatic nitrogens is 1. The fourth-order valence-electron chi connectivity index (χ4n) is 0.697. The van der Waals surface area contributed by atoms with Gasteiger partial charge in [-0.25, -0.2) is 4.98 Å². The molecule has 0 spiro atoms. The van der Waals surface area contributed by atoms with E-state index in [0.717, 1.165) is 10.8 Å². The number of halogens is 1. The molecule has 0 saturated heterocycles. The van der Waals surface area contributed by atoms with Gasteiger partial charge in [-0.2, -0.15) is 0 Å². The Kier molecular flexibility index (Phi) is 4.88. The van der Waals surface area contributed by atoms with E-state index in [1.165, 1.54) is 0 Å². The van der Waals surface area contributed by atoms with Crippen LogP contribution in [0.15, 0.2) is 41.6 Å². The van der Waals surface area contributed by atoms with E-state index in [0.29, 0.717) is 5.88 Å². The second kappa shape index (κ2) is 6.09. The van der Waals surface area contributed by atoms with E-state index in [1.54, 1.807) is 18.0 Å². The van der Waals surface area contributed by atoms with Gasteiger partial charge in [-0.05, 0) is 12.1 Å². The van der Waals surface area contributed by atoms with E-state index in [9.17, 15) is 0 Å². The maximum Gasteiger partial charge on any atom is 0.0962 e. The van der Waals surface area contributed by atoms with Crippen molar-refractivity contribution in [2.75, 3.05) is 11.6 Å². The zero-order valence-electron chi connectivity index (χ0n) is 6.61. The maximum atomic E-state index is 5.47. The highest BCUT2D eigenvalue weighted by molar-refractivity contribution is 7.99. The highest BCUT2D eigenvalue weighted by Crippen LogP contribution is 2.13. The van der Waals surface area contributed by atoms with Gasteiger partial charge in [0.25, 0.3) is 0 Å². The summed E-state index contributed by atoms with van der Waals surface area (Å²) in [5.41, 5.74) is 0. The molecule has 12 heavy (non-hydrogen) atoms. The molecule has 0 unspecified atom stereocenters. The average molecular weight is 200 g/mol. The van der Waals surface area contributed by atoms with E-state index in [-0.39, 0.29) is 0 Å². The second-order valence-electron chi connectivity index (χ2n) is 2.10. The van der Waals surface area contributed by atoms with Gasteiger partial charge in [-0.3, -0.25) is 0 Å². The summed E-state index contributed by atoms with van der Waals surface area (Å²) in [5, 5.41) is 1.05.